The van der Waals surface area contributed by atoms with Gasteiger partial charge in [-0.25, -0.2) is 4.68 Å². The number of aromatic hydroxyl groups is 1. The molecule has 0 bridgehead atoms. The molecule has 0 aliphatic rings. The molecule has 3 aromatic rings. The van der Waals surface area contributed by atoms with Gasteiger partial charge in [-0.1, -0.05) is 40.6 Å². The van der Waals surface area contributed by atoms with Gasteiger partial charge in [-0.3, -0.25) is 4.90 Å². The number of benzene rings is 2. The molecular formula is C19H23N5O. The molecule has 1 aromatic heterocycles. The van der Waals surface area contributed by atoms with E-state index in [0.717, 1.165) is 12.2 Å². The van der Waals surface area contributed by atoms with Crippen LogP contribution in [-0.2, 0) is 13.1 Å². The van der Waals surface area contributed by atoms with Gasteiger partial charge < -0.3 is 10.0 Å². The standard InChI is InChI=1S/C19H23N5O/c1-22(2)17-11-7-8-15(12-17)13-23(3)14-18-19(25)20-21-24(18)16-9-5-4-6-10-16/h4-12,25H,13-14H2,1-3H3. The van der Waals surface area contributed by atoms with Crippen molar-refractivity contribution in [2.75, 3.05) is 26.0 Å². The molecule has 0 amide bonds. The van der Waals surface area contributed by atoms with E-state index < -0.39 is 0 Å². The maximum Gasteiger partial charge on any atom is 0.256 e. The molecule has 0 unspecified atom stereocenters. The largest absolute Gasteiger partial charge is 0.491 e. The van der Waals surface area contributed by atoms with Gasteiger partial charge in [0, 0.05) is 32.9 Å². The van der Waals surface area contributed by atoms with E-state index in [1.54, 1.807) is 4.68 Å². The van der Waals surface area contributed by atoms with Crippen molar-refractivity contribution < 1.29 is 5.11 Å². The molecule has 6 heteroatoms. The molecule has 130 valence electrons. The van der Waals surface area contributed by atoms with Gasteiger partial charge in [0.2, 0.25) is 0 Å². The minimum Gasteiger partial charge on any atom is -0.491 e. The topological polar surface area (TPSA) is 57.4 Å². The van der Waals surface area contributed by atoms with Gasteiger partial charge in [-0.05, 0) is 36.9 Å². The third-order valence-corrected chi connectivity index (χ3v) is 4.04. The van der Waals surface area contributed by atoms with E-state index in [2.05, 4.69) is 44.4 Å². The van der Waals surface area contributed by atoms with Crippen molar-refractivity contribution in [2.24, 2.45) is 0 Å². The first-order chi connectivity index (χ1) is 12.0. The molecule has 0 atom stereocenters. The van der Waals surface area contributed by atoms with Crippen molar-refractivity contribution in [3.8, 4) is 11.6 Å². The van der Waals surface area contributed by atoms with Gasteiger partial charge in [-0.15, -0.1) is 0 Å². The second-order valence-electron chi connectivity index (χ2n) is 6.34. The Hall–Kier alpha value is -2.86. The van der Waals surface area contributed by atoms with Crippen molar-refractivity contribution in [3.63, 3.8) is 0 Å². The van der Waals surface area contributed by atoms with E-state index in [0.29, 0.717) is 12.2 Å². The second-order valence-corrected chi connectivity index (χ2v) is 6.34. The van der Waals surface area contributed by atoms with E-state index in [4.69, 9.17) is 0 Å². The average Bonchev–Trinajstić information content (AvgIpc) is 2.96. The highest BCUT2D eigenvalue weighted by atomic mass is 16.3. The Morgan fingerprint density at radius 2 is 1.72 bits per heavy atom. The summed E-state index contributed by atoms with van der Waals surface area (Å²) in [5.74, 6) is -0.0299. The normalized spacial score (nSPS) is 11.0. The molecule has 0 aliphatic heterocycles. The Bertz CT molecular complexity index is 829. The first-order valence-electron chi connectivity index (χ1n) is 8.18. The number of hydrogen-bond acceptors (Lipinski definition) is 5. The maximum absolute atomic E-state index is 10.1. The van der Waals surface area contributed by atoms with E-state index >= 15 is 0 Å². The Morgan fingerprint density at radius 3 is 2.44 bits per heavy atom. The number of nitrogens with zero attached hydrogens (tertiary/aromatic N) is 5. The summed E-state index contributed by atoms with van der Waals surface area (Å²) in [7, 11) is 6.08. The van der Waals surface area contributed by atoms with E-state index in [-0.39, 0.29) is 5.88 Å². The van der Waals surface area contributed by atoms with Crippen molar-refractivity contribution in [1.82, 2.24) is 19.9 Å². The molecule has 0 saturated carbocycles. The number of anilines is 1. The smallest absolute Gasteiger partial charge is 0.256 e. The summed E-state index contributed by atoms with van der Waals surface area (Å²) >= 11 is 0. The monoisotopic (exact) mass is 337 g/mol. The zero-order valence-electron chi connectivity index (χ0n) is 14.8. The van der Waals surface area contributed by atoms with Crippen LogP contribution in [0.1, 0.15) is 11.3 Å². The summed E-state index contributed by atoms with van der Waals surface area (Å²) in [5, 5.41) is 18.0. The predicted molar refractivity (Wildman–Crippen MR) is 99.0 cm³/mol. The first kappa shape index (κ1) is 17.0. The molecule has 0 saturated heterocycles. The minimum absolute atomic E-state index is 0.0299. The molecule has 1 heterocycles. The highest BCUT2D eigenvalue weighted by molar-refractivity contribution is 5.47. The molecule has 0 fully saturated rings. The zero-order valence-corrected chi connectivity index (χ0v) is 14.8. The SMILES string of the molecule is CN(Cc1cccc(N(C)C)c1)Cc1c(O)nnn1-c1ccccc1. The lowest BCUT2D eigenvalue weighted by atomic mass is 10.2. The van der Waals surface area contributed by atoms with Crippen LogP contribution in [0, 0.1) is 0 Å². The summed E-state index contributed by atoms with van der Waals surface area (Å²) in [4.78, 5) is 4.22. The lowest BCUT2D eigenvalue weighted by molar-refractivity contribution is 0.305. The second kappa shape index (κ2) is 7.36. The van der Waals surface area contributed by atoms with E-state index in [1.807, 2.05) is 51.5 Å². The fourth-order valence-electron chi connectivity index (χ4n) is 2.76. The molecule has 25 heavy (non-hydrogen) atoms. The predicted octanol–water partition coefficient (Wildman–Crippen LogP) is 2.67. The minimum atomic E-state index is -0.0299. The molecular weight excluding hydrogens is 314 g/mol. The molecule has 3 rings (SSSR count). The van der Waals surface area contributed by atoms with Crippen molar-refractivity contribution in [3.05, 3.63) is 65.9 Å². The number of para-hydroxylation sites is 1. The van der Waals surface area contributed by atoms with Crippen LogP contribution in [0.2, 0.25) is 0 Å². The summed E-state index contributed by atoms with van der Waals surface area (Å²) in [6, 6.07) is 18.1. The van der Waals surface area contributed by atoms with Gasteiger partial charge in [-0.2, -0.15) is 0 Å². The number of aromatic nitrogens is 3. The van der Waals surface area contributed by atoms with Crippen LogP contribution in [0.25, 0.3) is 5.69 Å². The highest BCUT2D eigenvalue weighted by Gasteiger charge is 2.15. The molecule has 0 radical (unpaired) electrons. The summed E-state index contributed by atoms with van der Waals surface area (Å²) < 4.78 is 1.68. The van der Waals surface area contributed by atoms with Gasteiger partial charge >= 0.3 is 0 Å². The molecule has 1 N–H and O–H groups in total. The van der Waals surface area contributed by atoms with E-state index in [9.17, 15) is 5.11 Å². The van der Waals surface area contributed by atoms with Crippen LogP contribution < -0.4 is 4.90 Å². The fourth-order valence-corrected chi connectivity index (χ4v) is 2.76. The van der Waals surface area contributed by atoms with Gasteiger partial charge in [0.1, 0.15) is 5.69 Å². The molecule has 0 aliphatic carbocycles. The van der Waals surface area contributed by atoms with Crippen LogP contribution in [0.4, 0.5) is 5.69 Å². The van der Waals surface area contributed by atoms with Crippen LogP contribution in [0.15, 0.2) is 54.6 Å². The molecule has 2 aromatic carbocycles. The van der Waals surface area contributed by atoms with Crippen LogP contribution in [-0.4, -0.2) is 46.1 Å². The first-order valence-corrected chi connectivity index (χ1v) is 8.18. The highest BCUT2D eigenvalue weighted by Crippen LogP contribution is 2.20. The van der Waals surface area contributed by atoms with Crippen LogP contribution in [0.3, 0.4) is 0 Å². The van der Waals surface area contributed by atoms with Gasteiger partial charge in [0.05, 0.1) is 5.69 Å². The van der Waals surface area contributed by atoms with Crippen molar-refractivity contribution in [1.29, 1.82) is 0 Å². The Morgan fingerprint density at radius 1 is 0.960 bits per heavy atom. The van der Waals surface area contributed by atoms with E-state index in [1.165, 1.54) is 11.3 Å². The lowest BCUT2D eigenvalue weighted by Gasteiger charge is -2.19. The quantitative estimate of drug-likeness (QED) is 0.749. The van der Waals surface area contributed by atoms with Crippen LogP contribution >= 0.6 is 0 Å². The average molecular weight is 337 g/mol. The lowest BCUT2D eigenvalue weighted by Crippen LogP contribution is -2.20. The molecule has 6 nitrogen and oxygen atoms in total. The fraction of sp³-hybridized carbons (Fsp3) is 0.263. The Labute approximate surface area is 147 Å². The summed E-state index contributed by atoms with van der Waals surface area (Å²) in [6.45, 7) is 1.31. The summed E-state index contributed by atoms with van der Waals surface area (Å²) in [6.07, 6.45) is 0. The summed E-state index contributed by atoms with van der Waals surface area (Å²) in [5.41, 5.74) is 3.95. The Kier molecular flexibility index (Phi) is 5.00. The number of hydrogen-bond donors (Lipinski definition) is 1. The Balaban J connectivity index is 1.77. The third-order valence-electron chi connectivity index (χ3n) is 4.04. The zero-order chi connectivity index (χ0) is 17.8. The number of rotatable bonds is 6. The van der Waals surface area contributed by atoms with Gasteiger partial charge in [0.25, 0.3) is 5.88 Å². The van der Waals surface area contributed by atoms with Crippen LogP contribution in [0.5, 0.6) is 5.88 Å². The maximum atomic E-state index is 10.1. The molecule has 0 spiro atoms. The van der Waals surface area contributed by atoms with Gasteiger partial charge in [0.15, 0.2) is 0 Å². The third kappa shape index (κ3) is 3.97. The van der Waals surface area contributed by atoms with Crippen molar-refractivity contribution in [2.45, 2.75) is 13.1 Å². The van der Waals surface area contributed by atoms with Crippen molar-refractivity contribution >= 4 is 5.69 Å².